The van der Waals surface area contributed by atoms with Crippen LogP contribution in [0.5, 0.6) is 11.5 Å². The van der Waals surface area contributed by atoms with E-state index < -0.39 is 40.2 Å². The molecule has 11 heteroatoms. The van der Waals surface area contributed by atoms with Gasteiger partial charge in [-0.3, -0.25) is 13.9 Å². The lowest BCUT2D eigenvalue weighted by Gasteiger charge is -2.34. The van der Waals surface area contributed by atoms with Gasteiger partial charge in [0.2, 0.25) is 11.8 Å². The molecule has 47 heavy (non-hydrogen) atoms. The minimum absolute atomic E-state index is 0.0692. The number of halogens is 1. The molecule has 0 aliphatic carbocycles. The Balaban J connectivity index is 1.82. The summed E-state index contributed by atoms with van der Waals surface area (Å²) in [6.45, 7) is 4.81. The Morgan fingerprint density at radius 3 is 2.06 bits per heavy atom. The van der Waals surface area contributed by atoms with Gasteiger partial charge in [0.15, 0.2) is 11.5 Å². The highest BCUT2D eigenvalue weighted by atomic mass is 32.2. The van der Waals surface area contributed by atoms with Gasteiger partial charge in [0, 0.05) is 25.1 Å². The molecule has 0 aromatic heterocycles. The van der Waals surface area contributed by atoms with Crippen LogP contribution in [0.2, 0.25) is 0 Å². The summed E-state index contributed by atoms with van der Waals surface area (Å²) in [5.41, 5.74) is 2.53. The molecule has 0 aliphatic rings. The van der Waals surface area contributed by atoms with Crippen LogP contribution in [-0.4, -0.2) is 58.0 Å². The first kappa shape index (κ1) is 35.0. The number of aryl methyl sites for hydroxylation is 1. The zero-order chi connectivity index (χ0) is 34.1. The molecule has 0 aliphatic heterocycles. The normalized spacial score (nSPS) is 11.9. The van der Waals surface area contributed by atoms with Crippen molar-refractivity contribution in [1.82, 2.24) is 10.2 Å². The number of amides is 2. The van der Waals surface area contributed by atoms with Gasteiger partial charge in [-0.05, 0) is 68.3 Å². The van der Waals surface area contributed by atoms with Crippen LogP contribution in [0.3, 0.4) is 0 Å². The smallest absolute Gasteiger partial charge is 0.264 e. The lowest BCUT2D eigenvalue weighted by molar-refractivity contribution is -0.140. The van der Waals surface area contributed by atoms with E-state index in [2.05, 4.69) is 5.32 Å². The fourth-order valence-electron chi connectivity index (χ4n) is 5.07. The third-order valence-corrected chi connectivity index (χ3v) is 9.28. The first-order chi connectivity index (χ1) is 22.4. The maximum absolute atomic E-state index is 14.5. The average molecular weight is 662 g/mol. The van der Waals surface area contributed by atoms with Crippen LogP contribution in [-0.2, 0) is 32.6 Å². The molecule has 4 aromatic carbocycles. The quantitative estimate of drug-likeness (QED) is 0.191. The molecular formula is C36H40FN3O6S. The van der Waals surface area contributed by atoms with Crippen molar-refractivity contribution in [3.63, 3.8) is 0 Å². The minimum atomic E-state index is -4.36. The predicted octanol–water partition coefficient (Wildman–Crippen LogP) is 5.51. The van der Waals surface area contributed by atoms with Crippen molar-refractivity contribution in [3.8, 4) is 11.5 Å². The summed E-state index contributed by atoms with van der Waals surface area (Å²) >= 11 is 0. The third kappa shape index (κ3) is 8.88. The number of carbonyl (C=O) groups excluding carboxylic acids is 2. The number of benzene rings is 4. The number of rotatable bonds is 14. The van der Waals surface area contributed by atoms with Crippen molar-refractivity contribution in [2.75, 3.05) is 25.1 Å². The number of nitrogens with zero attached hydrogens (tertiary/aromatic N) is 2. The maximum atomic E-state index is 14.5. The molecule has 4 rings (SSSR count). The second-order valence-electron chi connectivity index (χ2n) is 11.4. The molecule has 248 valence electrons. The molecule has 0 spiro atoms. The van der Waals surface area contributed by atoms with Gasteiger partial charge in [0.1, 0.15) is 18.4 Å². The average Bonchev–Trinajstić information content (AvgIpc) is 3.06. The fourth-order valence-corrected chi connectivity index (χ4v) is 6.50. The van der Waals surface area contributed by atoms with Crippen molar-refractivity contribution in [2.24, 2.45) is 0 Å². The van der Waals surface area contributed by atoms with Crippen LogP contribution < -0.4 is 19.1 Å². The second kappa shape index (κ2) is 15.6. The summed E-state index contributed by atoms with van der Waals surface area (Å²) in [5, 5.41) is 2.91. The molecule has 1 atom stereocenters. The van der Waals surface area contributed by atoms with Crippen molar-refractivity contribution in [2.45, 2.75) is 50.7 Å². The Labute approximate surface area is 276 Å². The van der Waals surface area contributed by atoms with Crippen molar-refractivity contribution < 1.29 is 31.9 Å². The Bertz CT molecular complexity index is 1770. The van der Waals surface area contributed by atoms with Crippen molar-refractivity contribution >= 4 is 27.5 Å². The first-order valence-corrected chi connectivity index (χ1v) is 16.6. The number of anilines is 1. The summed E-state index contributed by atoms with van der Waals surface area (Å²) in [5.74, 6) is -0.927. The van der Waals surface area contributed by atoms with Crippen LogP contribution in [0.15, 0.2) is 102 Å². The van der Waals surface area contributed by atoms with E-state index in [1.54, 1.807) is 24.3 Å². The van der Waals surface area contributed by atoms with Gasteiger partial charge < -0.3 is 19.7 Å². The van der Waals surface area contributed by atoms with E-state index in [4.69, 9.17) is 9.47 Å². The molecule has 0 heterocycles. The summed E-state index contributed by atoms with van der Waals surface area (Å²) in [7, 11) is -1.51. The van der Waals surface area contributed by atoms with Crippen LogP contribution in [0.4, 0.5) is 10.1 Å². The van der Waals surface area contributed by atoms with Crippen LogP contribution >= 0.6 is 0 Å². The maximum Gasteiger partial charge on any atom is 0.264 e. The van der Waals surface area contributed by atoms with Gasteiger partial charge in [0.25, 0.3) is 10.0 Å². The van der Waals surface area contributed by atoms with Crippen LogP contribution in [0, 0.1) is 12.7 Å². The summed E-state index contributed by atoms with van der Waals surface area (Å²) in [6.07, 6.45) is 0.166. The Kier molecular flexibility index (Phi) is 11.6. The number of carbonyl (C=O) groups is 2. The Hall–Kier alpha value is -4.90. The van der Waals surface area contributed by atoms with E-state index in [0.717, 1.165) is 15.4 Å². The predicted molar refractivity (Wildman–Crippen MR) is 179 cm³/mol. The van der Waals surface area contributed by atoms with Crippen LogP contribution in [0.25, 0.3) is 0 Å². The van der Waals surface area contributed by atoms with E-state index in [1.165, 1.54) is 61.6 Å². The molecule has 1 N–H and O–H groups in total. The number of sulfonamides is 1. The highest BCUT2D eigenvalue weighted by Gasteiger charge is 2.35. The Morgan fingerprint density at radius 2 is 1.47 bits per heavy atom. The van der Waals surface area contributed by atoms with E-state index in [0.29, 0.717) is 11.3 Å². The van der Waals surface area contributed by atoms with Gasteiger partial charge in [0.05, 0.1) is 24.8 Å². The first-order valence-electron chi connectivity index (χ1n) is 15.1. The number of hydrogen-bond acceptors (Lipinski definition) is 6. The topological polar surface area (TPSA) is 105 Å². The largest absolute Gasteiger partial charge is 0.493 e. The van der Waals surface area contributed by atoms with Gasteiger partial charge in [-0.2, -0.15) is 0 Å². The standard InChI is InChI=1S/C36H40FN3O6S/c1-25(2)38-36(42)32(21-27-9-7-6-8-10-27)39(23-28-13-15-29(37)16-14-28)35(41)24-40(30-17-11-26(3)12-18-30)47(43,44)31-19-20-33(45-4)34(22-31)46-5/h6-20,22,25,32H,21,23-24H2,1-5H3,(H,38,42)/t32-/m0/s1. The Morgan fingerprint density at radius 1 is 0.830 bits per heavy atom. The summed E-state index contributed by atoms with van der Waals surface area (Å²) in [6, 6.07) is 24.6. The monoisotopic (exact) mass is 661 g/mol. The number of ether oxygens (including phenoxy) is 2. The van der Waals surface area contributed by atoms with Gasteiger partial charge in [-0.1, -0.05) is 60.2 Å². The third-order valence-electron chi connectivity index (χ3n) is 7.51. The number of hydrogen-bond donors (Lipinski definition) is 1. The second-order valence-corrected chi connectivity index (χ2v) is 13.2. The zero-order valence-corrected chi connectivity index (χ0v) is 28.0. The molecular weight excluding hydrogens is 621 g/mol. The lowest BCUT2D eigenvalue weighted by atomic mass is 10.0. The SMILES string of the molecule is COc1ccc(S(=O)(=O)N(CC(=O)N(Cc2ccc(F)cc2)[C@@H](Cc2ccccc2)C(=O)NC(C)C)c2ccc(C)cc2)cc1OC. The van der Waals surface area contributed by atoms with E-state index >= 15 is 0 Å². The van der Waals surface area contributed by atoms with E-state index in [-0.39, 0.29) is 35.3 Å². The number of nitrogens with one attached hydrogen (secondary N) is 1. The number of methoxy groups -OCH3 is 2. The summed E-state index contributed by atoms with van der Waals surface area (Å²) < 4.78 is 54.2. The molecule has 0 radical (unpaired) electrons. The van der Waals surface area contributed by atoms with Gasteiger partial charge >= 0.3 is 0 Å². The zero-order valence-electron chi connectivity index (χ0n) is 27.1. The highest BCUT2D eigenvalue weighted by Crippen LogP contribution is 2.32. The van der Waals surface area contributed by atoms with Crippen LogP contribution in [0.1, 0.15) is 30.5 Å². The van der Waals surface area contributed by atoms with Gasteiger partial charge in [-0.15, -0.1) is 0 Å². The molecule has 4 aromatic rings. The minimum Gasteiger partial charge on any atom is -0.493 e. The molecule has 0 unspecified atom stereocenters. The van der Waals surface area contributed by atoms with Crippen molar-refractivity contribution in [3.05, 3.63) is 120 Å². The van der Waals surface area contributed by atoms with E-state index in [1.807, 2.05) is 51.1 Å². The molecule has 9 nitrogen and oxygen atoms in total. The van der Waals surface area contributed by atoms with E-state index in [9.17, 15) is 22.4 Å². The van der Waals surface area contributed by atoms with Gasteiger partial charge in [-0.25, -0.2) is 12.8 Å². The molecule has 0 saturated carbocycles. The molecule has 0 bridgehead atoms. The summed E-state index contributed by atoms with van der Waals surface area (Å²) in [4.78, 5) is 29.5. The fraction of sp³-hybridized carbons (Fsp3) is 0.278. The molecule has 0 fully saturated rings. The highest BCUT2D eigenvalue weighted by molar-refractivity contribution is 7.92. The molecule has 2 amide bonds. The lowest BCUT2D eigenvalue weighted by Crippen LogP contribution is -2.54. The molecule has 0 saturated heterocycles. The van der Waals surface area contributed by atoms with Crippen molar-refractivity contribution in [1.29, 1.82) is 0 Å².